The highest BCUT2D eigenvalue weighted by Crippen LogP contribution is 2.40. The lowest BCUT2D eigenvalue weighted by molar-refractivity contribution is -0.150. The molecule has 36 heavy (non-hydrogen) atoms. The average molecular weight is 483 g/mol. The van der Waals surface area contributed by atoms with Gasteiger partial charge in [0.2, 0.25) is 0 Å². The summed E-state index contributed by atoms with van der Waals surface area (Å²) in [4.78, 5) is 18.2. The molecule has 1 unspecified atom stereocenters. The minimum absolute atomic E-state index is 0.158. The van der Waals surface area contributed by atoms with Gasteiger partial charge in [-0.05, 0) is 40.8 Å². The number of benzene rings is 3. The molecule has 1 aromatic heterocycles. The standard InChI is InChI=1S/C29H23FN2O4/c30-22-13-11-19(12-14-22)18-7-9-21(10-8-18)26-27(24-6-2-4-20-3-1-5-23(20)24)36-29(31-26)32-15-16-35-25(17-32)28(33)34/h1-2,4-14,25H,3,15-17H2,(H,33,34). The van der Waals surface area contributed by atoms with Crippen LogP contribution in [0.15, 0.2) is 77.2 Å². The maximum atomic E-state index is 13.3. The van der Waals surface area contributed by atoms with E-state index in [9.17, 15) is 14.3 Å². The minimum Gasteiger partial charge on any atom is -0.479 e. The number of hydrogen-bond acceptors (Lipinski definition) is 5. The quantitative estimate of drug-likeness (QED) is 0.395. The molecule has 0 spiro atoms. The summed E-state index contributed by atoms with van der Waals surface area (Å²) in [6.07, 6.45) is 4.16. The first-order valence-electron chi connectivity index (χ1n) is 11.8. The van der Waals surface area contributed by atoms with Crippen LogP contribution in [-0.4, -0.2) is 41.9 Å². The molecule has 1 atom stereocenters. The van der Waals surface area contributed by atoms with E-state index in [1.165, 1.54) is 17.7 Å². The first-order chi connectivity index (χ1) is 17.6. The number of carboxylic acids is 1. The monoisotopic (exact) mass is 482 g/mol. The molecule has 1 saturated heterocycles. The summed E-state index contributed by atoms with van der Waals surface area (Å²) in [6, 6.07) is 20.8. The number of morpholine rings is 1. The number of carboxylic acid groups (broad SMARTS) is 1. The van der Waals surface area contributed by atoms with E-state index in [4.69, 9.17) is 14.1 Å². The molecule has 4 aromatic rings. The van der Waals surface area contributed by atoms with E-state index >= 15 is 0 Å². The fourth-order valence-electron chi connectivity index (χ4n) is 4.75. The molecule has 7 heteroatoms. The van der Waals surface area contributed by atoms with Crippen LogP contribution in [0.4, 0.5) is 10.4 Å². The van der Waals surface area contributed by atoms with Crippen LogP contribution in [-0.2, 0) is 16.0 Å². The topological polar surface area (TPSA) is 75.8 Å². The van der Waals surface area contributed by atoms with Crippen molar-refractivity contribution in [3.63, 3.8) is 0 Å². The zero-order chi connectivity index (χ0) is 24.6. The van der Waals surface area contributed by atoms with Gasteiger partial charge in [0, 0.05) is 17.7 Å². The lowest BCUT2D eigenvalue weighted by Crippen LogP contribution is -2.46. The van der Waals surface area contributed by atoms with Crippen LogP contribution >= 0.6 is 0 Å². The van der Waals surface area contributed by atoms with Gasteiger partial charge in [0.1, 0.15) is 11.5 Å². The van der Waals surface area contributed by atoms with E-state index < -0.39 is 12.1 Å². The lowest BCUT2D eigenvalue weighted by Gasteiger charge is -2.29. The molecule has 0 bridgehead atoms. The summed E-state index contributed by atoms with van der Waals surface area (Å²) in [5.74, 6) is -0.636. The van der Waals surface area contributed by atoms with Crippen LogP contribution < -0.4 is 4.90 Å². The van der Waals surface area contributed by atoms with Crippen molar-refractivity contribution in [2.75, 3.05) is 24.6 Å². The number of halogens is 1. The molecule has 6 nitrogen and oxygen atoms in total. The van der Waals surface area contributed by atoms with Crippen LogP contribution in [0.3, 0.4) is 0 Å². The Hall–Kier alpha value is -4.23. The molecule has 0 saturated carbocycles. The number of fused-ring (bicyclic) bond motifs is 1. The number of aliphatic carboxylic acids is 1. The van der Waals surface area contributed by atoms with Crippen LogP contribution in [0.25, 0.3) is 39.8 Å². The predicted molar refractivity (Wildman–Crippen MR) is 135 cm³/mol. The molecule has 1 aliphatic heterocycles. The summed E-state index contributed by atoms with van der Waals surface area (Å²) in [6.45, 7) is 0.921. The Balaban J connectivity index is 1.42. The van der Waals surface area contributed by atoms with E-state index in [1.807, 2.05) is 41.3 Å². The van der Waals surface area contributed by atoms with Crippen molar-refractivity contribution in [1.82, 2.24) is 4.98 Å². The number of ether oxygens (including phenoxy) is 1. The van der Waals surface area contributed by atoms with Gasteiger partial charge in [0.25, 0.3) is 6.01 Å². The Kier molecular flexibility index (Phi) is 5.62. The maximum absolute atomic E-state index is 13.3. The van der Waals surface area contributed by atoms with Gasteiger partial charge < -0.3 is 19.2 Å². The Morgan fingerprint density at radius 3 is 2.47 bits per heavy atom. The second kappa shape index (κ2) is 9.09. The van der Waals surface area contributed by atoms with E-state index in [2.05, 4.69) is 18.2 Å². The Labute approximate surface area is 207 Å². The fraction of sp³-hybridized carbons (Fsp3) is 0.172. The van der Waals surface area contributed by atoms with Gasteiger partial charge in [-0.3, -0.25) is 0 Å². The van der Waals surface area contributed by atoms with Gasteiger partial charge in [-0.1, -0.05) is 66.7 Å². The van der Waals surface area contributed by atoms with Gasteiger partial charge in [-0.25, -0.2) is 9.18 Å². The van der Waals surface area contributed by atoms with E-state index in [0.29, 0.717) is 24.0 Å². The summed E-state index contributed by atoms with van der Waals surface area (Å²) >= 11 is 0. The molecule has 0 radical (unpaired) electrons. The molecule has 2 aliphatic rings. The third-order valence-corrected chi connectivity index (χ3v) is 6.63. The maximum Gasteiger partial charge on any atom is 0.334 e. The SMILES string of the molecule is O=C(O)C1CN(c2nc(-c3ccc(-c4ccc(F)cc4)cc3)c(-c3cccc4c3C=CC4)o2)CCO1. The molecule has 180 valence electrons. The molecule has 1 fully saturated rings. The third kappa shape index (κ3) is 4.07. The number of nitrogens with zero attached hydrogens (tertiary/aromatic N) is 2. The molecular weight excluding hydrogens is 459 g/mol. The highest BCUT2D eigenvalue weighted by molar-refractivity contribution is 5.86. The van der Waals surface area contributed by atoms with Crippen molar-refractivity contribution in [1.29, 1.82) is 0 Å². The van der Waals surface area contributed by atoms with E-state index in [-0.39, 0.29) is 19.0 Å². The number of oxazole rings is 1. The minimum atomic E-state index is -1.01. The van der Waals surface area contributed by atoms with Crippen LogP contribution in [0.2, 0.25) is 0 Å². The summed E-state index contributed by atoms with van der Waals surface area (Å²) in [5, 5.41) is 9.43. The third-order valence-electron chi connectivity index (χ3n) is 6.63. The second-order valence-corrected chi connectivity index (χ2v) is 8.89. The van der Waals surface area contributed by atoms with Crippen LogP contribution in [0, 0.1) is 5.82 Å². The first kappa shape index (κ1) is 22.2. The van der Waals surface area contributed by atoms with Crippen molar-refractivity contribution in [2.24, 2.45) is 0 Å². The van der Waals surface area contributed by atoms with Gasteiger partial charge >= 0.3 is 5.97 Å². The largest absolute Gasteiger partial charge is 0.479 e. The van der Waals surface area contributed by atoms with Gasteiger partial charge in [0.05, 0.1) is 13.2 Å². The Morgan fingerprint density at radius 1 is 1.00 bits per heavy atom. The summed E-state index contributed by atoms with van der Waals surface area (Å²) < 4.78 is 25.1. The number of aromatic nitrogens is 1. The Morgan fingerprint density at radius 2 is 1.72 bits per heavy atom. The van der Waals surface area contributed by atoms with Gasteiger partial charge in [-0.2, -0.15) is 4.98 Å². The smallest absolute Gasteiger partial charge is 0.334 e. The normalized spacial score (nSPS) is 16.8. The highest BCUT2D eigenvalue weighted by atomic mass is 19.1. The van der Waals surface area contributed by atoms with Crippen molar-refractivity contribution in [3.8, 4) is 33.7 Å². The highest BCUT2D eigenvalue weighted by Gasteiger charge is 2.30. The molecule has 6 rings (SSSR count). The first-order valence-corrected chi connectivity index (χ1v) is 11.8. The van der Waals surface area contributed by atoms with Crippen LogP contribution in [0.1, 0.15) is 11.1 Å². The lowest BCUT2D eigenvalue weighted by atomic mass is 9.97. The van der Waals surface area contributed by atoms with Crippen molar-refractivity contribution in [3.05, 3.63) is 89.8 Å². The van der Waals surface area contributed by atoms with Crippen molar-refractivity contribution in [2.45, 2.75) is 12.5 Å². The van der Waals surface area contributed by atoms with E-state index in [0.717, 1.165) is 34.2 Å². The van der Waals surface area contributed by atoms with Crippen LogP contribution in [0.5, 0.6) is 0 Å². The van der Waals surface area contributed by atoms with Crippen molar-refractivity contribution < 1.29 is 23.4 Å². The number of allylic oxidation sites excluding steroid dienone is 1. The zero-order valence-electron chi connectivity index (χ0n) is 19.4. The number of anilines is 1. The Bertz CT molecular complexity index is 1460. The molecule has 1 aliphatic carbocycles. The number of rotatable bonds is 5. The van der Waals surface area contributed by atoms with Gasteiger partial charge in [-0.15, -0.1) is 0 Å². The molecule has 3 aromatic carbocycles. The summed E-state index contributed by atoms with van der Waals surface area (Å²) in [5.41, 5.74) is 6.71. The molecule has 0 amide bonds. The van der Waals surface area contributed by atoms with Crippen molar-refractivity contribution >= 4 is 18.1 Å². The number of carbonyl (C=O) groups is 1. The summed E-state index contributed by atoms with van der Waals surface area (Å²) in [7, 11) is 0. The molecular formula is C29H23FN2O4. The number of hydrogen-bond donors (Lipinski definition) is 1. The molecule has 1 N–H and O–H groups in total. The molecule has 2 heterocycles. The van der Waals surface area contributed by atoms with E-state index in [1.54, 1.807) is 12.1 Å². The second-order valence-electron chi connectivity index (χ2n) is 8.89. The predicted octanol–water partition coefficient (Wildman–Crippen LogP) is 5.67. The van der Waals surface area contributed by atoms with Gasteiger partial charge in [0.15, 0.2) is 11.9 Å². The average Bonchev–Trinajstić information content (AvgIpc) is 3.57. The zero-order valence-corrected chi connectivity index (χ0v) is 19.4. The fourth-order valence-corrected chi connectivity index (χ4v) is 4.75.